The fourth-order valence-electron chi connectivity index (χ4n) is 2.93. The third-order valence-electron chi connectivity index (χ3n) is 4.11. The van der Waals surface area contributed by atoms with Crippen molar-refractivity contribution >= 4 is 29.3 Å². The van der Waals surface area contributed by atoms with E-state index in [9.17, 15) is 4.79 Å². The first-order valence-electron chi connectivity index (χ1n) is 7.78. The third-order valence-corrected chi connectivity index (χ3v) is 5.63. The number of carbonyl (C=O) groups excluding carboxylic acids is 1. The Morgan fingerprint density at radius 3 is 2.67 bits per heavy atom. The highest BCUT2D eigenvalue weighted by atomic mass is 35.5. The number of nitrogens with zero attached hydrogens (tertiary/aromatic N) is 1. The van der Waals surface area contributed by atoms with E-state index in [2.05, 4.69) is 0 Å². The first-order valence-corrected chi connectivity index (χ1v) is 9.21. The Morgan fingerprint density at radius 2 is 1.88 bits per heavy atom. The molecular weight excluding hydrogens is 346 g/mol. The Labute approximate surface area is 149 Å². The van der Waals surface area contributed by atoms with Gasteiger partial charge in [-0.15, -0.1) is 11.8 Å². The topological polar surface area (TPSA) is 38.8 Å². The normalized spacial score (nSPS) is 22.5. The molecule has 2 aliphatic heterocycles. The van der Waals surface area contributed by atoms with Gasteiger partial charge in [-0.3, -0.25) is 4.79 Å². The van der Waals surface area contributed by atoms with Crippen LogP contribution >= 0.6 is 23.4 Å². The molecule has 1 saturated heterocycles. The van der Waals surface area contributed by atoms with Crippen molar-refractivity contribution in [1.29, 1.82) is 0 Å². The monoisotopic (exact) mass is 361 g/mol. The highest BCUT2D eigenvalue weighted by Gasteiger charge is 2.37. The molecule has 0 N–H and O–H groups in total. The van der Waals surface area contributed by atoms with Gasteiger partial charge < -0.3 is 14.4 Å². The van der Waals surface area contributed by atoms with Crippen molar-refractivity contribution in [3.05, 3.63) is 59.1 Å². The standard InChI is InChI=1S/C18H16ClNO3S/c19-13-7-5-12(6-8-13)18-20(9-10-24-18)17(21)16-11-22-14-3-1-2-4-15(14)23-16/h1-8,16,18H,9-11H2. The maximum Gasteiger partial charge on any atom is 0.268 e. The summed E-state index contributed by atoms with van der Waals surface area (Å²) in [6, 6.07) is 15.1. The van der Waals surface area contributed by atoms with Crippen molar-refractivity contribution < 1.29 is 14.3 Å². The predicted octanol–water partition coefficient (Wildman–Crippen LogP) is 3.75. The van der Waals surface area contributed by atoms with E-state index in [0.717, 1.165) is 11.3 Å². The van der Waals surface area contributed by atoms with Gasteiger partial charge in [0.05, 0.1) is 0 Å². The molecule has 0 aliphatic carbocycles. The molecule has 24 heavy (non-hydrogen) atoms. The SMILES string of the molecule is O=C(C1COc2ccccc2O1)N1CCSC1c1ccc(Cl)cc1. The van der Waals surface area contributed by atoms with Crippen LogP contribution in [0.5, 0.6) is 11.5 Å². The molecule has 4 rings (SSSR count). The van der Waals surface area contributed by atoms with Gasteiger partial charge in [-0.05, 0) is 29.8 Å². The number of benzene rings is 2. The number of halogens is 1. The van der Waals surface area contributed by atoms with Crippen LogP contribution in [0.25, 0.3) is 0 Å². The lowest BCUT2D eigenvalue weighted by Crippen LogP contribution is -2.46. The molecule has 4 nitrogen and oxygen atoms in total. The number of para-hydroxylation sites is 2. The van der Waals surface area contributed by atoms with Crippen LogP contribution in [0.15, 0.2) is 48.5 Å². The Kier molecular flexibility index (Phi) is 4.29. The summed E-state index contributed by atoms with van der Waals surface area (Å²) in [6.07, 6.45) is -0.603. The summed E-state index contributed by atoms with van der Waals surface area (Å²) in [6.45, 7) is 0.947. The maximum atomic E-state index is 12.9. The Morgan fingerprint density at radius 1 is 1.12 bits per heavy atom. The summed E-state index contributed by atoms with van der Waals surface area (Å²) in [7, 11) is 0. The molecule has 0 spiro atoms. The molecule has 0 radical (unpaired) electrons. The van der Waals surface area contributed by atoms with E-state index >= 15 is 0 Å². The zero-order valence-corrected chi connectivity index (χ0v) is 14.4. The number of ether oxygens (including phenoxy) is 2. The van der Waals surface area contributed by atoms with Gasteiger partial charge in [0.1, 0.15) is 12.0 Å². The minimum absolute atomic E-state index is 0.00413. The number of hydrogen-bond donors (Lipinski definition) is 0. The Balaban J connectivity index is 1.52. The molecular formula is C18H16ClNO3S. The van der Waals surface area contributed by atoms with E-state index in [4.69, 9.17) is 21.1 Å². The zero-order valence-electron chi connectivity index (χ0n) is 12.9. The van der Waals surface area contributed by atoms with Crippen molar-refractivity contribution in [1.82, 2.24) is 4.90 Å². The van der Waals surface area contributed by atoms with Gasteiger partial charge in [-0.2, -0.15) is 0 Å². The van der Waals surface area contributed by atoms with Crippen LogP contribution in [0.1, 0.15) is 10.9 Å². The average Bonchev–Trinajstić information content (AvgIpc) is 3.11. The van der Waals surface area contributed by atoms with Crippen molar-refractivity contribution in [3.63, 3.8) is 0 Å². The Bertz CT molecular complexity index is 752. The average molecular weight is 362 g/mol. The smallest absolute Gasteiger partial charge is 0.268 e. The van der Waals surface area contributed by atoms with E-state index in [-0.39, 0.29) is 17.9 Å². The molecule has 0 bridgehead atoms. The van der Waals surface area contributed by atoms with Crippen LogP contribution in [0, 0.1) is 0 Å². The largest absolute Gasteiger partial charge is 0.485 e. The second kappa shape index (κ2) is 6.57. The lowest BCUT2D eigenvalue weighted by atomic mass is 10.2. The number of rotatable bonds is 2. The molecule has 2 aromatic carbocycles. The second-order valence-corrected chi connectivity index (χ2v) is 7.30. The first-order chi connectivity index (χ1) is 11.7. The molecule has 2 aromatic rings. The van der Waals surface area contributed by atoms with E-state index in [1.54, 1.807) is 11.8 Å². The third kappa shape index (κ3) is 2.94. The molecule has 1 fully saturated rings. The molecule has 2 heterocycles. The number of thioether (sulfide) groups is 1. The summed E-state index contributed by atoms with van der Waals surface area (Å²) in [5.74, 6) is 2.18. The summed E-state index contributed by atoms with van der Waals surface area (Å²) >= 11 is 7.72. The maximum absolute atomic E-state index is 12.9. The molecule has 1 amide bonds. The van der Waals surface area contributed by atoms with E-state index in [1.165, 1.54) is 0 Å². The summed E-state index contributed by atoms with van der Waals surface area (Å²) < 4.78 is 11.5. The second-order valence-electron chi connectivity index (χ2n) is 5.67. The minimum Gasteiger partial charge on any atom is -0.485 e. The van der Waals surface area contributed by atoms with Gasteiger partial charge in [-0.1, -0.05) is 35.9 Å². The highest BCUT2D eigenvalue weighted by Crippen LogP contribution is 2.39. The van der Waals surface area contributed by atoms with Crippen LogP contribution in [-0.2, 0) is 4.79 Å². The van der Waals surface area contributed by atoms with Crippen LogP contribution in [0.2, 0.25) is 5.02 Å². The Hall–Kier alpha value is -1.85. The lowest BCUT2D eigenvalue weighted by Gasteiger charge is -2.31. The molecule has 0 saturated carbocycles. The lowest BCUT2D eigenvalue weighted by molar-refractivity contribution is -0.141. The van der Waals surface area contributed by atoms with Crippen LogP contribution < -0.4 is 9.47 Å². The van der Waals surface area contributed by atoms with Crippen LogP contribution in [0.4, 0.5) is 0 Å². The summed E-state index contributed by atoms with van der Waals surface area (Å²) in [4.78, 5) is 14.8. The number of carbonyl (C=O) groups is 1. The molecule has 0 aromatic heterocycles. The van der Waals surface area contributed by atoms with Gasteiger partial charge >= 0.3 is 0 Å². The van der Waals surface area contributed by atoms with Gasteiger partial charge in [0, 0.05) is 17.3 Å². The van der Waals surface area contributed by atoms with Crippen LogP contribution in [0.3, 0.4) is 0 Å². The number of amides is 1. The molecule has 2 atom stereocenters. The van der Waals surface area contributed by atoms with Crippen molar-refractivity contribution in [3.8, 4) is 11.5 Å². The van der Waals surface area contributed by atoms with Gasteiger partial charge in [0.15, 0.2) is 11.5 Å². The quantitative estimate of drug-likeness (QED) is 0.816. The first kappa shape index (κ1) is 15.7. The molecule has 6 heteroatoms. The van der Waals surface area contributed by atoms with Gasteiger partial charge in [-0.25, -0.2) is 0 Å². The number of fused-ring (bicyclic) bond motifs is 1. The minimum atomic E-state index is -0.603. The van der Waals surface area contributed by atoms with Crippen LogP contribution in [-0.4, -0.2) is 35.8 Å². The van der Waals surface area contributed by atoms with Gasteiger partial charge in [0.25, 0.3) is 5.91 Å². The van der Waals surface area contributed by atoms with E-state index in [0.29, 0.717) is 23.1 Å². The zero-order chi connectivity index (χ0) is 16.5. The van der Waals surface area contributed by atoms with E-state index in [1.807, 2.05) is 53.4 Å². The fourth-order valence-corrected chi connectivity index (χ4v) is 4.32. The summed E-state index contributed by atoms with van der Waals surface area (Å²) in [5, 5.41) is 0.691. The molecule has 2 unspecified atom stereocenters. The van der Waals surface area contributed by atoms with Gasteiger partial charge in [0.2, 0.25) is 6.10 Å². The van der Waals surface area contributed by atoms with Crippen molar-refractivity contribution in [2.24, 2.45) is 0 Å². The highest BCUT2D eigenvalue weighted by molar-refractivity contribution is 7.99. The van der Waals surface area contributed by atoms with Crippen molar-refractivity contribution in [2.45, 2.75) is 11.5 Å². The molecule has 124 valence electrons. The number of hydrogen-bond acceptors (Lipinski definition) is 4. The van der Waals surface area contributed by atoms with E-state index < -0.39 is 6.10 Å². The molecule has 2 aliphatic rings. The summed E-state index contributed by atoms with van der Waals surface area (Å²) in [5.41, 5.74) is 1.08. The predicted molar refractivity (Wildman–Crippen MR) is 94.7 cm³/mol. The fraction of sp³-hybridized carbons (Fsp3) is 0.278. The van der Waals surface area contributed by atoms with Crippen molar-refractivity contribution in [2.75, 3.05) is 18.9 Å².